The third-order valence-electron chi connectivity index (χ3n) is 6.08. The van der Waals surface area contributed by atoms with Gasteiger partial charge in [-0.15, -0.1) is 0 Å². The SMILES string of the molecule is COc1cccc([C@@H]2Oc3ccc(C)cc3C3=C2[C@H](c2ccccc2)n2ncnc2N3)c1. The highest BCUT2D eigenvalue weighted by molar-refractivity contribution is 5.85. The number of ether oxygens (including phenoxy) is 2. The van der Waals surface area contributed by atoms with Crippen molar-refractivity contribution in [2.45, 2.75) is 19.1 Å². The van der Waals surface area contributed by atoms with Crippen molar-refractivity contribution < 1.29 is 9.47 Å². The van der Waals surface area contributed by atoms with Crippen molar-refractivity contribution in [2.75, 3.05) is 12.4 Å². The Kier molecular flexibility index (Phi) is 4.24. The topological polar surface area (TPSA) is 61.2 Å². The van der Waals surface area contributed by atoms with E-state index in [2.05, 4.69) is 64.8 Å². The number of aromatic nitrogens is 3. The molecule has 1 N–H and O–H groups in total. The number of aryl methyl sites for hydroxylation is 1. The van der Waals surface area contributed by atoms with Crippen molar-refractivity contribution in [3.63, 3.8) is 0 Å². The number of methoxy groups -OCH3 is 1. The van der Waals surface area contributed by atoms with E-state index in [0.717, 1.165) is 45.4 Å². The second kappa shape index (κ2) is 7.27. The van der Waals surface area contributed by atoms with Gasteiger partial charge in [0.05, 0.1) is 12.8 Å². The highest BCUT2D eigenvalue weighted by Crippen LogP contribution is 2.50. The van der Waals surface area contributed by atoms with Crippen molar-refractivity contribution in [3.8, 4) is 11.5 Å². The molecule has 158 valence electrons. The van der Waals surface area contributed by atoms with E-state index >= 15 is 0 Å². The van der Waals surface area contributed by atoms with Crippen molar-refractivity contribution in [1.29, 1.82) is 0 Å². The summed E-state index contributed by atoms with van der Waals surface area (Å²) in [6.07, 6.45) is 1.28. The second-order valence-corrected chi connectivity index (χ2v) is 8.07. The average Bonchev–Trinajstić information content (AvgIpc) is 3.31. The Morgan fingerprint density at radius 1 is 0.969 bits per heavy atom. The van der Waals surface area contributed by atoms with Crippen LogP contribution < -0.4 is 14.8 Å². The maximum Gasteiger partial charge on any atom is 0.226 e. The summed E-state index contributed by atoms with van der Waals surface area (Å²) in [6, 6.07) is 24.6. The molecule has 6 nitrogen and oxygen atoms in total. The van der Waals surface area contributed by atoms with Gasteiger partial charge < -0.3 is 14.8 Å². The molecule has 1 aromatic heterocycles. The third-order valence-corrected chi connectivity index (χ3v) is 6.08. The molecule has 32 heavy (non-hydrogen) atoms. The molecular formula is C26H22N4O2. The fourth-order valence-corrected chi connectivity index (χ4v) is 4.62. The minimum Gasteiger partial charge on any atom is -0.497 e. The molecule has 0 fully saturated rings. The minimum absolute atomic E-state index is 0.158. The van der Waals surface area contributed by atoms with E-state index in [1.165, 1.54) is 5.56 Å². The van der Waals surface area contributed by atoms with E-state index in [1.807, 2.05) is 35.0 Å². The number of hydrogen-bond acceptors (Lipinski definition) is 5. The van der Waals surface area contributed by atoms with Gasteiger partial charge in [0.25, 0.3) is 0 Å². The zero-order chi connectivity index (χ0) is 21.7. The van der Waals surface area contributed by atoms with Crippen molar-refractivity contribution >= 4 is 11.6 Å². The molecule has 6 heteroatoms. The van der Waals surface area contributed by atoms with Gasteiger partial charge in [0, 0.05) is 16.7 Å². The summed E-state index contributed by atoms with van der Waals surface area (Å²) in [4.78, 5) is 4.49. The van der Waals surface area contributed by atoms with Gasteiger partial charge in [-0.2, -0.15) is 10.1 Å². The number of nitrogens with one attached hydrogen (secondary N) is 1. The van der Waals surface area contributed by atoms with Crippen LogP contribution in [0.15, 0.2) is 84.7 Å². The van der Waals surface area contributed by atoms with Gasteiger partial charge in [-0.3, -0.25) is 0 Å². The number of fused-ring (bicyclic) bond motifs is 3. The monoisotopic (exact) mass is 422 g/mol. The lowest BCUT2D eigenvalue weighted by Gasteiger charge is -2.39. The highest BCUT2D eigenvalue weighted by Gasteiger charge is 2.41. The molecule has 0 saturated heterocycles. The first-order valence-electron chi connectivity index (χ1n) is 10.6. The predicted molar refractivity (Wildman–Crippen MR) is 123 cm³/mol. The van der Waals surface area contributed by atoms with Crippen molar-refractivity contribution in [3.05, 3.63) is 107 Å². The van der Waals surface area contributed by atoms with Crippen LogP contribution in [-0.4, -0.2) is 21.9 Å². The van der Waals surface area contributed by atoms with Crippen molar-refractivity contribution in [2.24, 2.45) is 0 Å². The number of anilines is 1. The number of hydrogen-bond donors (Lipinski definition) is 1. The van der Waals surface area contributed by atoms with Gasteiger partial charge in [0.2, 0.25) is 5.95 Å². The summed E-state index contributed by atoms with van der Waals surface area (Å²) in [6.45, 7) is 2.09. The molecule has 0 unspecified atom stereocenters. The van der Waals surface area contributed by atoms with E-state index in [1.54, 1.807) is 13.4 Å². The zero-order valence-corrected chi connectivity index (χ0v) is 17.8. The number of benzene rings is 3. The molecule has 6 rings (SSSR count). The van der Waals surface area contributed by atoms with Crippen LogP contribution in [0.1, 0.15) is 34.4 Å². The molecule has 4 aromatic rings. The smallest absolute Gasteiger partial charge is 0.226 e. The molecule has 0 spiro atoms. The summed E-state index contributed by atoms with van der Waals surface area (Å²) in [5, 5.41) is 8.12. The van der Waals surface area contributed by atoms with Crippen LogP contribution in [0.4, 0.5) is 5.95 Å². The summed E-state index contributed by atoms with van der Waals surface area (Å²) >= 11 is 0. The molecule has 0 radical (unpaired) electrons. The molecule has 2 atom stereocenters. The van der Waals surface area contributed by atoms with E-state index < -0.39 is 0 Å². The number of rotatable bonds is 3. The second-order valence-electron chi connectivity index (χ2n) is 8.07. The maximum atomic E-state index is 6.67. The fraction of sp³-hybridized carbons (Fsp3) is 0.154. The van der Waals surface area contributed by atoms with Gasteiger partial charge in [-0.1, -0.05) is 54.1 Å². The van der Waals surface area contributed by atoms with Crippen LogP contribution in [-0.2, 0) is 0 Å². The van der Waals surface area contributed by atoms with Gasteiger partial charge in [0.1, 0.15) is 30.0 Å². The lowest BCUT2D eigenvalue weighted by Crippen LogP contribution is -2.32. The maximum absolute atomic E-state index is 6.67. The normalized spacial score (nSPS) is 18.7. The molecule has 0 saturated carbocycles. The molecule has 2 aliphatic heterocycles. The third kappa shape index (κ3) is 2.87. The fourth-order valence-electron chi connectivity index (χ4n) is 4.62. The van der Waals surface area contributed by atoms with Gasteiger partial charge in [-0.25, -0.2) is 4.68 Å². The Bertz CT molecular complexity index is 1340. The minimum atomic E-state index is -0.314. The van der Waals surface area contributed by atoms with Crippen molar-refractivity contribution in [1.82, 2.24) is 14.8 Å². The molecule has 0 amide bonds. The highest BCUT2D eigenvalue weighted by atomic mass is 16.5. The van der Waals surface area contributed by atoms with Crippen LogP contribution in [0.3, 0.4) is 0 Å². The largest absolute Gasteiger partial charge is 0.497 e. The Hall–Kier alpha value is -4.06. The molecule has 3 heterocycles. The molecular weight excluding hydrogens is 400 g/mol. The van der Waals surface area contributed by atoms with Crippen LogP contribution in [0, 0.1) is 6.92 Å². The molecule has 0 bridgehead atoms. The van der Waals surface area contributed by atoms with E-state index in [-0.39, 0.29) is 12.1 Å². The van der Waals surface area contributed by atoms with Crippen LogP contribution in [0.25, 0.3) is 5.70 Å². The Morgan fingerprint density at radius 3 is 2.66 bits per heavy atom. The van der Waals surface area contributed by atoms with E-state index in [9.17, 15) is 0 Å². The van der Waals surface area contributed by atoms with Gasteiger partial charge in [0.15, 0.2) is 0 Å². The van der Waals surface area contributed by atoms with E-state index in [0.29, 0.717) is 0 Å². The predicted octanol–water partition coefficient (Wildman–Crippen LogP) is 5.16. The first kappa shape index (κ1) is 18.7. The Morgan fingerprint density at radius 2 is 1.81 bits per heavy atom. The lowest BCUT2D eigenvalue weighted by atomic mass is 9.84. The summed E-state index contributed by atoms with van der Waals surface area (Å²) in [7, 11) is 1.68. The quantitative estimate of drug-likeness (QED) is 0.494. The Labute approximate surface area is 186 Å². The molecule has 2 aliphatic rings. The van der Waals surface area contributed by atoms with E-state index in [4.69, 9.17) is 9.47 Å². The first-order valence-corrected chi connectivity index (χ1v) is 10.6. The number of nitrogens with zero attached hydrogens (tertiary/aromatic N) is 3. The molecule has 3 aromatic carbocycles. The summed E-state index contributed by atoms with van der Waals surface area (Å²) in [5.74, 6) is 2.36. The lowest BCUT2D eigenvalue weighted by molar-refractivity contribution is 0.222. The molecule has 0 aliphatic carbocycles. The summed E-state index contributed by atoms with van der Waals surface area (Å²) in [5.41, 5.74) is 6.48. The van der Waals surface area contributed by atoms with Crippen LogP contribution in [0.2, 0.25) is 0 Å². The van der Waals surface area contributed by atoms with Gasteiger partial charge >= 0.3 is 0 Å². The van der Waals surface area contributed by atoms with Crippen LogP contribution >= 0.6 is 0 Å². The Balaban J connectivity index is 1.63. The van der Waals surface area contributed by atoms with Gasteiger partial charge in [-0.05, 0) is 36.8 Å². The average molecular weight is 422 g/mol. The van der Waals surface area contributed by atoms with Crippen LogP contribution in [0.5, 0.6) is 11.5 Å². The first-order chi connectivity index (χ1) is 15.7. The summed E-state index contributed by atoms with van der Waals surface area (Å²) < 4.78 is 14.1. The standard InChI is InChI=1S/C26H22N4O2/c1-16-11-12-21-20(13-16)23-22(25(32-21)18-9-6-10-19(14-18)31-2)24(17-7-4-3-5-8-17)30-26(29-23)27-15-28-30/h3-15,24-25H,1-2H3,(H,27,28,29)/t24-,25-/m0/s1. The zero-order valence-electron chi connectivity index (χ0n) is 17.8.